The van der Waals surface area contributed by atoms with Gasteiger partial charge in [-0.05, 0) is 56.2 Å². The number of imidazole rings is 1. The molecule has 0 aliphatic carbocycles. The zero-order valence-corrected chi connectivity index (χ0v) is 20.5. The van der Waals surface area contributed by atoms with E-state index in [4.69, 9.17) is 9.47 Å². The normalized spacial score (nSPS) is 15.6. The molecule has 1 aliphatic heterocycles. The van der Waals surface area contributed by atoms with Crippen LogP contribution >= 0.6 is 0 Å². The Kier molecular flexibility index (Phi) is 7.16. The number of hydrogen-bond donors (Lipinski definition) is 1. The number of benzene rings is 2. The largest absolute Gasteiger partial charge is 0.508 e. The highest BCUT2D eigenvalue weighted by atomic mass is 16.5. The number of esters is 1. The number of carbonyl (C=O) groups is 1. The van der Waals surface area contributed by atoms with Gasteiger partial charge in [0.25, 0.3) is 0 Å². The van der Waals surface area contributed by atoms with Gasteiger partial charge in [-0.1, -0.05) is 18.2 Å². The van der Waals surface area contributed by atoms with Crippen LogP contribution in [0.5, 0.6) is 11.5 Å². The second kappa shape index (κ2) is 10.8. The van der Waals surface area contributed by atoms with Crippen LogP contribution in [0.15, 0.2) is 49.1 Å². The van der Waals surface area contributed by atoms with Crippen molar-refractivity contribution in [3.63, 3.8) is 0 Å². The van der Waals surface area contributed by atoms with Crippen molar-refractivity contribution in [2.75, 3.05) is 24.7 Å². The number of phenolic OH excluding ortho intramolecular Hbond substituents is 1. The summed E-state index contributed by atoms with van der Waals surface area (Å²) in [6, 6.07) is 11.4. The van der Waals surface area contributed by atoms with Crippen LogP contribution in [0.25, 0.3) is 21.9 Å². The standard InChI is InChI=1S/C27H31N5O4/c1-2-35-24(34)10-3-4-13-31-18-30-25-26(31)28-17-29-27(25)32-14-6-8-20(32)16-36-23-9-5-7-19-11-12-21(33)15-22(19)23/h5,7,9,11-12,15,17-18,20,33H,2-4,6,8,10,13-14,16H2,1H3/t20-/m1/s1. The molecule has 4 aromatic rings. The van der Waals surface area contributed by atoms with Crippen molar-refractivity contribution in [2.45, 2.75) is 51.6 Å². The zero-order valence-electron chi connectivity index (χ0n) is 20.5. The summed E-state index contributed by atoms with van der Waals surface area (Å²) in [5.74, 6) is 1.66. The summed E-state index contributed by atoms with van der Waals surface area (Å²) in [5.41, 5.74) is 1.58. The molecule has 1 N–H and O–H groups in total. The van der Waals surface area contributed by atoms with Crippen molar-refractivity contribution >= 4 is 33.7 Å². The van der Waals surface area contributed by atoms with E-state index in [0.29, 0.717) is 19.6 Å². The molecule has 3 heterocycles. The molecule has 1 fully saturated rings. The maximum absolute atomic E-state index is 11.6. The van der Waals surface area contributed by atoms with Crippen LogP contribution in [0.3, 0.4) is 0 Å². The van der Waals surface area contributed by atoms with Gasteiger partial charge in [0.15, 0.2) is 17.0 Å². The minimum Gasteiger partial charge on any atom is -0.508 e. The summed E-state index contributed by atoms with van der Waals surface area (Å²) in [6.07, 6.45) is 7.46. The first kappa shape index (κ1) is 23.8. The Balaban J connectivity index is 1.28. The quantitative estimate of drug-likeness (QED) is 0.257. The average Bonchev–Trinajstić information content (AvgIpc) is 3.52. The lowest BCUT2D eigenvalue weighted by Gasteiger charge is -2.26. The SMILES string of the molecule is CCOC(=O)CCCCn1cnc2c(N3CCC[C@@H]3COc3cccc4ccc(O)cc34)ncnc21. The monoisotopic (exact) mass is 489 g/mol. The number of anilines is 1. The topological polar surface area (TPSA) is 103 Å². The molecule has 36 heavy (non-hydrogen) atoms. The average molecular weight is 490 g/mol. The lowest BCUT2D eigenvalue weighted by atomic mass is 10.1. The lowest BCUT2D eigenvalue weighted by molar-refractivity contribution is -0.143. The van der Waals surface area contributed by atoms with E-state index in [2.05, 4.69) is 19.9 Å². The van der Waals surface area contributed by atoms with E-state index < -0.39 is 0 Å². The molecular formula is C27H31N5O4. The number of aryl methyl sites for hydroxylation is 1. The van der Waals surface area contributed by atoms with Crippen LogP contribution in [-0.4, -0.2) is 56.4 Å². The zero-order chi connectivity index (χ0) is 24.9. The number of phenols is 1. The van der Waals surface area contributed by atoms with Gasteiger partial charge in [0.1, 0.15) is 24.4 Å². The fraction of sp³-hybridized carbons (Fsp3) is 0.407. The molecule has 0 saturated carbocycles. The molecule has 9 nitrogen and oxygen atoms in total. The van der Waals surface area contributed by atoms with Crippen molar-refractivity contribution < 1.29 is 19.4 Å². The first-order chi connectivity index (χ1) is 17.6. The fourth-order valence-electron chi connectivity index (χ4n) is 4.86. The molecule has 0 amide bonds. The predicted molar refractivity (Wildman–Crippen MR) is 137 cm³/mol. The smallest absolute Gasteiger partial charge is 0.305 e. The van der Waals surface area contributed by atoms with E-state index in [0.717, 1.165) is 72.3 Å². The number of nitrogens with zero attached hydrogens (tertiary/aromatic N) is 5. The highest BCUT2D eigenvalue weighted by molar-refractivity contribution is 5.89. The second-order valence-electron chi connectivity index (χ2n) is 9.03. The number of carbonyl (C=O) groups excluding carboxylic acids is 1. The molecule has 0 bridgehead atoms. The Bertz CT molecular complexity index is 1350. The molecule has 0 unspecified atom stereocenters. The Morgan fingerprint density at radius 3 is 2.97 bits per heavy atom. The third-order valence-electron chi connectivity index (χ3n) is 6.62. The number of ether oxygens (including phenoxy) is 2. The van der Waals surface area contributed by atoms with E-state index in [1.54, 1.807) is 24.8 Å². The van der Waals surface area contributed by atoms with Gasteiger partial charge in [0, 0.05) is 24.9 Å². The van der Waals surface area contributed by atoms with Crippen LogP contribution in [0.4, 0.5) is 5.82 Å². The minimum absolute atomic E-state index is 0.153. The highest BCUT2D eigenvalue weighted by Crippen LogP contribution is 2.32. The second-order valence-corrected chi connectivity index (χ2v) is 9.03. The molecule has 1 atom stereocenters. The molecule has 1 aliphatic rings. The van der Waals surface area contributed by atoms with E-state index in [1.807, 2.05) is 35.8 Å². The fourth-order valence-corrected chi connectivity index (χ4v) is 4.86. The van der Waals surface area contributed by atoms with E-state index in [1.165, 1.54) is 0 Å². The van der Waals surface area contributed by atoms with Gasteiger partial charge in [0.05, 0.1) is 19.0 Å². The van der Waals surface area contributed by atoms with Crippen LogP contribution in [0.1, 0.15) is 39.0 Å². The van der Waals surface area contributed by atoms with Crippen LogP contribution in [0, 0.1) is 0 Å². The van der Waals surface area contributed by atoms with Gasteiger partial charge in [-0.3, -0.25) is 4.79 Å². The van der Waals surface area contributed by atoms with Gasteiger partial charge in [0.2, 0.25) is 0 Å². The predicted octanol–water partition coefficient (Wildman–Crippen LogP) is 4.47. The molecule has 0 spiro atoms. The van der Waals surface area contributed by atoms with E-state index in [9.17, 15) is 9.90 Å². The molecule has 188 valence electrons. The maximum atomic E-state index is 11.6. The number of aromatic hydroxyl groups is 1. The number of aromatic nitrogens is 4. The Morgan fingerprint density at radius 2 is 2.08 bits per heavy atom. The molecule has 2 aromatic carbocycles. The van der Waals surface area contributed by atoms with Gasteiger partial charge < -0.3 is 24.0 Å². The van der Waals surface area contributed by atoms with Crippen molar-refractivity contribution in [2.24, 2.45) is 0 Å². The Hall–Kier alpha value is -3.88. The highest BCUT2D eigenvalue weighted by Gasteiger charge is 2.29. The third kappa shape index (κ3) is 5.05. The molecule has 2 aromatic heterocycles. The van der Waals surface area contributed by atoms with Crippen LogP contribution in [-0.2, 0) is 16.1 Å². The van der Waals surface area contributed by atoms with E-state index in [-0.39, 0.29) is 17.8 Å². The number of hydrogen-bond acceptors (Lipinski definition) is 8. The number of fused-ring (bicyclic) bond motifs is 2. The Labute approximate surface area is 209 Å². The first-order valence-corrected chi connectivity index (χ1v) is 12.6. The van der Waals surface area contributed by atoms with Crippen molar-refractivity contribution in [3.8, 4) is 11.5 Å². The van der Waals surface area contributed by atoms with Crippen LogP contribution < -0.4 is 9.64 Å². The first-order valence-electron chi connectivity index (χ1n) is 12.6. The number of rotatable bonds is 10. The molecule has 9 heteroatoms. The summed E-state index contributed by atoms with van der Waals surface area (Å²) in [7, 11) is 0. The lowest BCUT2D eigenvalue weighted by Crippen LogP contribution is -2.35. The van der Waals surface area contributed by atoms with Crippen LogP contribution in [0.2, 0.25) is 0 Å². The summed E-state index contributed by atoms with van der Waals surface area (Å²) in [6.45, 7) is 4.35. The van der Waals surface area contributed by atoms with Gasteiger partial charge in [-0.15, -0.1) is 0 Å². The molecular weight excluding hydrogens is 458 g/mol. The van der Waals surface area contributed by atoms with Gasteiger partial charge >= 0.3 is 5.97 Å². The summed E-state index contributed by atoms with van der Waals surface area (Å²) in [5, 5.41) is 11.9. The minimum atomic E-state index is -0.153. The van der Waals surface area contributed by atoms with Crippen molar-refractivity contribution in [3.05, 3.63) is 49.1 Å². The molecule has 5 rings (SSSR count). The third-order valence-corrected chi connectivity index (χ3v) is 6.62. The Morgan fingerprint density at radius 1 is 1.17 bits per heavy atom. The molecule has 0 radical (unpaired) electrons. The van der Waals surface area contributed by atoms with Crippen molar-refractivity contribution in [1.29, 1.82) is 0 Å². The van der Waals surface area contributed by atoms with Gasteiger partial charge in [-0.25, -0.2) is 15.0 Å². The maximum Gasteiger partial charge on any atom is 0.305 e. The molecule has 1 saturated heterocycles. The summed E-state index contributed by atoms with van der Waals surface area (Å²) < 4.78 is 13.3. The van der Waals surface area contributed by atoms with Gasteiger partial charge in [-0.2, -0.15) is 0 Å². The summed E-state index contributed by atoms with van der Waals surface area (Å²) >= 11 is 0. The van der Waals surface area contributed by atoms with E-state index >= 15 is 0 Å². The summed E-state index contributed by atoms with van der Waals surface area (Å²) in [4.78, 5) is 27.6. The number of unbranched alkanes of at least 4 members (excludes halogenated alkanes) is 1. The van der Waals surface area contributed by atoms with Crippen molar-refractivity contribution in [1.82, 2.24) is 19.5 Å².